The van der Waals surface area contributed by atoms with Crippen LogP contribution in [-0.4, -0.2) is 54.3 Å². The van der Waals surface area contributed by atoms with Gasteiger partial charge in [0.1, 0.15) is 5.37 Å². The van der Waals surface area contributed by atoms with Gasteiger partial charge in [-0.3, -0.25) is 9.45 Å². The number of aliphatic hydroxyl groups excluding tert-OH is 1. The maximum absolute atomic E-state index is 11.0. The summed E-state index contributed by atoms with van der Waals surface area (Å²) in [4.78, 5) is 1.50. The Bertz CT molecular complexity index is 278. The number of nitrogens with zero attached hydrogens (tertiary/aromatic N) is 1. The molecule has 0 aliphatic carbocycles. The van der Waals surface area contributed by atoms with Crippen molar-refractivity contribution in [3.05, 3.63) is 0 Å². The molecule has 14 heavy (non-hydrogen) atoms. The third-order valence-corrected chi connectivity index (χ3v) is 3.50. The number of hydrogen-bond donors (Lipinski definition) is 2. The van der Waals surface area contributed by atoms with Crippen molar-refractivity contribution >= 4 is 10.1 Å². The Kier molecular flexibility index (Phi) is 3.85. The zero-order valence-electron chi connectivity index (χ0n) is 7.96. The molecule has 0 amide bonds. The molecule has 1 aliphatic heterocycles. The van der Waals surface area contributed by atoms with Crippen molar-refractivity contribution in [2.24, 2.45) is 0 Å². The van der Waals surface area contributed by atoms with Gasteiger partial charge in [0, 0.05) is 6.54 Å². The summed E-state index contributed by atoms with van der Waals surface area (Å²) in [6.07, 6.45) is -0.689. The highest BCUT2D eigenvalue weighted by Gasteiger charge is 2.31. The van der Waals surface area contributed by atoms with E-state index in [9.17, 15) is 8.42 Å². The van der Waals surface area contributed by atoms with E-state index in [0.717, 1.165) is 0 Å². The Morgan fingerprint density at radius 2 is 2.29 bits per heavy atom. The molecule has 0 aromatic rings. The van der Waals surface area contributed by atoms with Crippen molar-refractivity contribution in [1.82, 2.24) is 4.90 Å². The topological polar surface area (TPSA) is 87.1 Å². The second-order valence-corrected chi connectivity index (χ2v) is 4.77. The van der Waals surface area contributed by atoms with Crippen LogP contribution in [0.4, 0.5) is 0 Å². The van der Waals surface area contributed by atoms with E-state index in [1.807, 2.05) is 0 Å². The first-order valence-electron chi connectivity index (χ1n) is 4.45. The lowest BCUT2D eigenvalue weighted by Crippen LogP contribution is -2.50. The fraction of sp³-hybridized carbons (Fsp3) is 1.00. The van der Waals surface area contributed by atoms with Gasteiger partial charge in [0.15, 0.2) is 6.29 Å². The predicted molar refractivity (Wildman–Crippen MR) is 49.2 cm³/mol. The molecule has 0 aromatic heterocycles. The fourth-order valence-corrected chi connectivity index (χ4v) is 2.56. The first-order chi connectivity index (χ1) is 6.45. The van der Waals surface area contributed by atoms with Crippen molar-refractivity contribution < 1.29 is 22.8 Å². The van der Waals surface area contributed by atoms with Crippen LogP contribution in [0.2, 0.25) is 0 Å². The number of hydrogen-bond acceptors (Lipinski definition) is 5. The van der Waals surface area contributed by atoms with E-state index in [4.69, 9.17) is 14.4 Å². The van der Waals surface area contributed by atoms with Gasteiger partial charge < -0.3 is 9.84 Å². The van der Waals surface area contributed by atoms with E-state index in [0.29, 0.717) is 6.54 Å². The molecule has 0 spiro atoms. The number of β-amino-alcohol motifs (C(OH)–C–C–N with tert-alkyl or cyclic N) is 1. The average Bonchev–Trinajstić information content (AvgIpc) is 2.02. The lowest BCUT2D eigenvalue weighted by atomic mass is 10.3. The highest BCUT2D eigenvalue weighted by molar-refractivity contribution is 7.86. The molecule has 0 aromatic carbocycles. The second-order valence-electron chi connectivity index (χ2n) is 3.20. The number of aliphatic hydroxyl groups is 1. The summed E-state index contributed by atoms with van der Waals surface area (Å²) in [6, 6.07) is 0. The quantitative estimate of drug-likeness (QED) is 0.615. The van der Waals surface area contributed by atoms with Crippen LogP contribution in [0.25, 0.3) is 0 Å². The van der Waals surface area contributed by atoms with Crippen molar-refractivity contribution in [3.63, 3.8) is 0 Å². The van der Waals surface area contributed by atoms with Gasteiger partial charge in [-0.15, -0.1) is 0 Å². The smallest absolute Gasteiger partial charge is 0.281 e. The highest BCUT2D eigenvalue weighted by Crippen LogP contribution is 2.14. The molecule has 84 valence electrons. The van der Waals surface area contributed by atoms with Crippen LogP contribution in [-0.2, 0) is 14.9 Å². The van der Waals surface area contributed by atoms with Crippen molar-refractivity contribution in [2.75, 3.05) is 19.7 Å². The molecule has 2 N–H and O–H groups in total. The SMILES string of the molecule is CCC(N1CCO[C@H](O)C1)S(=O)(=O)O. The monoisotopic (exact) mass is 225 g/mol. The van der Waals surface area contributed by atoms with E-state index >= 15 is 0 Å². The highest BCUT2D eigenvalue weighted by atomic mass is 32.2. The Balaban J connectivity index is 2.70. The lowest BCUT2D eigenvalue weighted by Gasteiger charge is -2.34. The van der Waals surface area contributed by atoms with E-state index < -0.39 is 21.8 Å². The zero-order chi connectivity index (χ0) is 10.8. The Morgan fingerprint density at radius 3 is 2.71 bits per heavy atom. The summed E-state index contributed by atoms with van der Waals surface area (Å²) in [7, 11) is -4.08. The Morgan fingerprint density at radius 1 is 1.64 bits per heavy atom. The van der Waals surface area contributed by atoms with E-state index in [2.05, 4.69) is 0 Å². The van der Waals surface area contributed by atoms with Crippen molar-refractivity contribution in [1.29, 1.82) is 0 Å². The largest absolute Gasteiger partial charge is 0.367 e. The van der Waals surface area contributed by atoms with Crippen LogP contribution in [0.15, 0.2) is 0 Å². The second kappa shape index (κ2) is 4.54. The molecule has 1 rings (SSSR count). The van der Waals surface area contributed by atoms with Crippen LogP contribution in [0.3, 0.4) is 0 Å². The molecule has 1 unspecified atom stereocenters. The van der Waals surface area contributed by atoms with Crippen LogP contribution in [0, 0.1) is 0 Å². The predicted octanol–water partition coefficient (Wildman–Crippen LogP) is -0.739. The molecule has 1 heterocycles. The van der Waals surface area contributed by atoms with Crippen molar-refractivity contribution in [3.8, 4) is 0 Å². The summed E-state index contributed by atoms with van der Waals surface area (Å²) >= 11 is 0. The number of ether oxygens (including phenoxy) is 1. The van der Waals surface area contributed by atoms with E-state index in [-0.39, 0.29) is 19.6 Å². The van der Waals surface area contributed by atoms with Crippen LogP contribution < -0.4 is 0 Å². The number of rotatable bonds is 3. The Labute approximate surface area is 83.2 Å². The lowest BCUT2D eigenvalue weighted by molar-refractivity contribution is -0.148. The van der Waals surface area contributed by atoms with Gasteiger partial charge in [-0.1, -0.05) is 6.92 Å². The summed E-state index contributed by atoms with van der Waals surface area (Å²) in [6.45, 7) is 2.45. The maximum Gasteiger partial charge on any atom is 0.281 e. The zero-order valence-corrected chi connectivity index (χ0v) is 8.77. The summed E-state index contributed by atoms with van der Waals surface area (Å²) < 4.78 is 35.7. The first kappa shape index (κ1) is 11.9. The van der Waals surface area contributed by atoms with Crippen LogP contribution in [0.1, 0.15) is 13.3 Å². The van der Waals surface area contributed by atoms with Gasteiger partial charge in [0.05, 0.1) is 13.2 Å². The molecule has 0 saturated carbocycles. The molecule has 0 radical (unpaired) electrons. The minimum atomic E-state index is -4.08. The summed E-state index contributed by atoms with van der Waals surface area (Å²) in [5.41, 5.74) is 0. The van der Waals surface area contributed by atoms with Gasteiger partial charge in [0.25, 0.3) is 10.1 Å². The van der Waals surface area contributed by atoms with Crippen LogP contribution in [0.5, 0.6) is 0 Å². The summed E-state index contributed by atoms with van der Waals surface area (Å²) in [5, 5.41) is 8.21. The summed E-state index contributed by atoms with van der Waals surface area (Å²) in [5.74, 6) is 0. The third kappa shape index (κ3) is 2.89. The average molecular weight is 225 g/mol. The molecule has 6 nitrogen and oxygen atoms in total. The third-order valence-electron chi connectivity index (χ3n) is 2.18. The van der Waals surface area contributed by atoms with Crippen molar-refractivity contribution in [2.45, 2.75) is 25.0 Å². The van der Waals surface area contributed by atoms with Gasteiger partial charge in [-0.25, -0.2) is 0 Å². The normalized spacial score (nSPS) is 27.5. The molecule has 0 bridgehead atoms. The van der Waals surface area contributed by atoms with E-state index in [1.165, 1.54) is 4.90 Å². The standard InChI is InChI=1S/C7H15NO5S/c1-2-6(14(10,11)12)8-3-4-13-7(9)5-8/h6-7,9H,2-5H2,1H3,(H,10,11,12)/t6?,7-/m0/s1. The molecule has 2 atom stereocenters. The molecular formula is C7H15NO5S. The molecular weight excluding hydrogens is 210 g/mol. The van der Waals surface area contributed by atoms with Gasteiger partial charge >= 0.3 is 0 Å². The maximum atomic E-state index is 11.0. The Hall–Kier alpha value is -0.210. The first-order valence-corrected chi connectivity index (χ1v) is 5.95. The van der Waals surface area contributed by atoms with E-state index in [1.54, 1.807) is 6.92 Å². The van der Waals surface area contributed by atoms with Crippen LogP contribution >= 0.6 is 0 Å². The van der Waals surface area contributed by atoms with Gasteiger partial charge in [-0.05, 0) is 6.42 Å². The van der Waals surface area contributed by atoms with Gasteiger partial charge in [-0.2, -0.15) is 8.42 Å². The molecule has 1 saturated heterocycles. The fourth-order valence-electron chi connectivity index (χ4n) is 1.57. The molecule has 1 fully saturated rings. The van der Waals surface area contributed by atoms with Gasteiger partial charge in [0.2, 0.25) is 0 Å². The number of morpholine rings is 1. The minimum absolute atomic E-state index is 0.109. The molecule has 7 heteroatoms. The minimum Gasteiger partial charge on any atom is -0.367 e. The molecule has 1 aliphatic rings.